The zero-order valence-corrected chi connectivity index (χ0v) is 14.5. The Kier molecular flexibility index (Phi) is 7.43. The van der Waals surface area contributed by atoms with Crippen molar-refractivity contribution in [2.24, 2.45) is 0 Å². The molecule has 1 aromatic heterocycles. The van der Waals surface area contributed by atoms with E-state index in [1.165, 1.54) is 0 Å². The number of rotatable bonds is 6. The molecule has 24 heavy (non-hydrogen) atoms. The van der Waals surface area contributed by atoms with E-state index in [0.29, 0.717) is 6.54 Å². The average molecular weight is 350 g/mol. The summed E-state index contributed by atoms with van der Waals surface area (Å²) in [5.74, 6) is -0.0447. The highest BCUT2D eigenvalue weighted by Gasteiger charge is 2.14. The predicted molar refractivity (Wildman–Crippen MR) is 97.5 cm³/mol. The first-order valence-electron chi connectivity index (χ1n) is 8.24. The van der Waals surface area contributed by atoms with Gasteiger partial charge in [-0.2, -0.15) is 0 Å². The molecule has 0 bridgehead atoms. The number of benzene rings is 1. The molecule has 1 amide bonds. The van der Waals surface area contributed by atoms with Crippen LogP contribution < -0.4 is 10.6 Å². The van der Waals surface area contributed by atoms with Crippen molar-refractivity contribution >= 4 is 29.2 Å². The van der Waals surface area contributed by atoms with Gasteiger partial charge < -0.3 is 15.4 Å². The average Bonchev–Trinajstić information content (AvgIpc) is 2.61. The Morgan fingerprint density at radius 1 is 1.25 bits per heavy atom. The number of aromatic nitrogens is 1. The summed E-state index contributed by atoms with van der Waals surface area (Å²) in [6.07, 6.45) is 4.75. The van der Waals surface area contributed by atoms with Crippen molar-refractivity contribution in [2.75, 3.05) is 26.2 Å². The van der Waals surface area contributed by atoms with E-state index in [4.69, 9.17) is 4.74 Å². The Balaban J connectivity index is 0.00000208. The third-order valence-electron chi connectivity index (χ3n) is 4.17. The van der Waals surface area contributed by atoms with E-state index in [9.17, 15) is 4.79 Å². The summed E-state index contributed by atoms with van der Waals surface area (Å²) < 4.78 is 5.65. The smallest absolute Gasteiger partial charge is 0.246 e. The van der Waals surface area contributed by atoms with Crippen LogP contribution in [0.4, 0.5) is 0 Å². The molecule has 6 heteroatoms. The molecule has 1 aromatic carbocycles. The molecule has 0 aliphatic carbocycles. The summed E-state index contributed by atoms with van der Waals surface area (Å²) in [5.41, 5.74) is 2.16. The molecule has 0 unspecified atom stereocenters. The Labute approximate surface area is 148 Å². The van der Waals surface area contributed by atoms with Crippen LogP contribution in [0, 0.1) is 0 Å². The van der Waals surface area contributed by atoms with Gasteiger partial charge in [0.15, 0.2) is 0 Å². The number of carbonyl (C=O) groups excluding carboxylic acids is 1. The number of hydrogen-bond donors (Lipinski definition) is 2. The normalized spacial score (nSPS) is 15.0. The van der Waals surface area contributed by atoms with Crippen molar-refractivity contribution < 1.29 is 9.53 Å². The largest absolute Gasteiger partial charge is 0.368 e. The summed E-state index contributed by atoms with van der Waals surface area (Å²) >= 11 is 0. The number of amides is 1. The number of hydrogen-bond acceptors (Lipinski definition) is 4. The SMILES string of the molecule is Cl.O=C(COC1CCNCC1)NCCc1cccc2cccnc12. The first-order valence-corrected chi connectivity index (χ1v) is 8.24. The monoisotopic (exact) mass is 349 g/mol. The maximum absolute atomic E-state index is 11.9. The lowest BCUT2D eigenvalue weighted by Crippen LogP contribution is -2.36. The lowest BCUT2D eigenvalue weighted by atomic mass is 10.1. The van der Waals surface area contributed by atoms with Crippen molar-refractivity contribution in [3.05, 3.63) is 42.1 Å². The molecule has 0 saturated carbocycles. The first kappa shape index (κ1) is 18.6. The highest BCUT2D eigenvalue weighted by molar-refractivity contribution is 5.85. The van der Waals surface area contributed by atoms with Crippen LogP contribution in [0.1, 0.15) is 18.4 Å². The summed E-state index contributed by atoms with van der Waals surface area (Å²) in [5, 5.41) is 7.34. The number of pyridine rings is 1. The maximum atomic E-state index is 11.9. The van der Waals surface area contributed by atoms with Gasteiger partial charge in [-0.1, -0.05) is 24.3 Å². The van der Waals surface area contributed by atoms with Crippen LogP contribution in [0.3, 0.4) is 0 Å². The number of piperidine rings is 1. The first-order chi connectivity index (χ1) is 11.3. The molecule has 0 spiro atoms. The van der Waals surface area contributed by atoms with Gasteiger partial charge in [-0.25, -0.2) is 0 Å². The molecule has 3 rings (SSSR count). The van der Waals surface area contributed by atoms with E-state index in [-0.39, 0.29) is 31.0 Å². The number of carbonyl (C=O) groups is 1. The molecule has 130 valence electrons. The van der Waals surface area contributed by atoms with Gasteiger partial charge in [0, 0.05) is 18.1 Å². The molecule has 1 saturated heterocycles. The van der Waals surface area contributed by atoms with Gasteiger partial charge in [-0.05, 0) is 44.0 Å². The quantitative estimate of drug-likeness (QED) is 0.838. The minimum Gasteiger partial charge on any atom is -0.368 e. The van der Waals surface area contributed by atoms with E-state index < -0.39 is 0 Å². The fourth-order valence-electron chi connectivity index (χ4n) is 2.91. The summed E-state index contributed by atoms with van der Waals surface area (Å²) in [7, 11) is 0. The number of fused-ring (bicyclic) bond motifs is 1. The highest BCUT2D eigenvalue weighted by atomic mass is 35.5. The Hall–Kier alpha value is -1.69. The van der Waals surface area contributed by atoms with E-state index in [2.05, 4.69) is 33.8 Å². The topological polar surface area (TPSA) is 63.2 Å². The summed E-state index contributed by atoms with van der Waals surface area (Å²) in [6.45, 7) is 2.70. The lowest BCUT2D eigenvalue weighted by Gasteiger charge is -2.22. The second-order valence-corrected chi connectivity index (χ2v) is 5.85. The van der Waals surface area contributed by atoms with Gasteiger partial charge in [0.25, 0.3) is 0 Å². The predicted octanol–water partition coefficient (Wildman–Crippen LogP) is 2.08. The maximum Gasteiger partial charge on any atom is 0.246 e. The Morgan fingerprint density at radius 2 is 2.04 bits per heavy atom. The van der Waals surface area contributed by atoms with Crippen LogP contribution in [0.5, 0.6) is 0 Å². The van der Waals surface area contributed by atoms with E-state index in [1.807, 2.05) is 12.1 Å². The van der Waals surface area contributed by atoms with Gasteiger partial charge in [-0.15, -0.1) is 12.4 Å². The Morgan fingerprint density at radius 3 is 2.88 bits per heavy atom. The van der Waals surface area contributed by atoms with Crippen LogP contribution in [0.25, 0.3) is 10.9 Å². The van der Waals surface area contributed by atoms with Crippen LogP contribution in [-0.2, 0) is 16.0 Å². The lowest BCUT2D eigenvalue weighted by molar-refractivity contribution is -0.128. The molecule has 1 fully saturated rings. The molecular formula is C18H24ClN3O2. The van der Waals surface area contributed by atoms with Gasteiger partial charge in [0.2, 0.25) is 5.91 Å². The summed E-state index contributed by atoms with van der Waals surface area (Å²) in [4.78, 5) is 16.3. The minimum absolute atomic E-state index is 0. The van der Waals surface area contributed by atoms with Gasteiger partial charge in [0.05, 0.1) is 11.6 Å². The number of para-hydroxylation sites is 1. The standard InChI is InChI=1S/C18H23N3O2.ClH/c22-17(13-23-16-7-10-19-11-8-16)20-12-6-15-4-1-3-14-5-2-9-21-18(14)15;/h1-5,9,16,19H,6-8,10-13H2,(H,20,22);1H. The van der Waals surface area contributed by atoms with E-state index in [0.717, 1.165) is 48.8 Å². The molecule has 1 aliphatic rings. The minimum atomic E-state index is -0.0447. The number of halogens is 1. The second kappa shape index (κ2) is 9.57. The van der Waals surface area contributed by atoms with Crippen LogP contribution >= 0.6 is 12.4 Å². The van der Waals surface area contributed by atoms with Crippen LogP contribution in [0.15, 0.2) is 36.5 Å². The van der Waals surface area contributed by atoms with Gasteiger partial charge in [-0.3, -0.25) is 9.78 Å². The number of nitrogens with one attached hydrogen (secondary N) is 2. The molecular weight excluding hydrogens is 326 g/mol. The highest BCUT2D eigenvalue weighted by Crippen LogP contribution is 2.16. The zero-order valence-electron chi connectivity index (χ0n) is 13.7. The second-order valence-electron chi connectivity index (χ2n) is 5.85. The fourth-order valence-corrected chi connectivity index (χ4v) is 2.91. The van der Waals surface area contributed by atoms with Crippen molar-refractivity contribution in [3.63, 3.8) is 0 Å². The van der Waals surface area contributed by atoms with Gasteiger partial charge in [0.1, 0.15) is 6.61 Å². The summed E-state index contributed by atoms with van der Waals surface area (Å²) in [6, 6.07) is 10.1. The molecule has 1 aliphatic heterocycles. The number of ether oxygens (including phenoxy) is 1. The molecule has 5 nitrogen and oxygen atoms in total. The van der Waals surface area contributed by atoms with Crippen molar-refractivity contribution in [3.8, 4) is 0 Å². The fraction of sp³-hybridized carbons (Fsp3) is 0.444. The third kappa shape index (κ3) is 5.16. The molecule has 2 N–H and O–H groups in total. The molecule has 0 radical (unpaired) electrons. The van der Waals surface area contributed by atoms with E-state index >= 15 is 0 Å². The molecule has 2 aromatic rings. The van der Waals surface area contributed by atoms with E-state index in [1.54, 1.807) is 6.20 Å². The zero-order chi connectivity index (χ0) is 15.9. The van der Waals surface area contributed by atoms with Crippen LogP contribution in [0.2, 0.25) is 0 Å². The van der Waals surface area contributed by atoms with Crippen molar-refractivity contribution in [1.29, 1.82) is 0 Å². The Bertz CT molecular complexity index is 654. The van der Waals surface area contributed by atoms with Crippen molar-refractivity contribution in [1.82, 2.24) is 15.6 Å². The van der Waals surface area contributed by atoms with Gasteiger partial charge >= 0.3 is 0 Å². The number of nitrogens with zero attached hydrogens (tertiary/aromatic N) is 1. The van der Waals surface area contributed by atoms with Crippen molar-refractivity contribution in [2.45, 2.75) is 25.4 Å². The molecule has 2 heterocycles. The van der Waals surface area contributed by atoms with Crippen LogP contribution in [-0.4, -0.2) is 43.2 Å². The molecule has 0 atom stereocenters. The third-order valence-corrected chi connectivity index (χ3v) is 4.17.